The monoisotopic (exact) mass is 154 g/mol. The molecule has 0 amide bonds. The van der Waals surface area contributed by atoms with Crippen LogP contribution in [0.15, 0.2) is 0 Å². The van der Waals surface area contributed by atoms with Crippen LogP contribution in [-0.2, 0) is 0 Å². The van der Waals surface area contributed by atoms with E-state index in [0.29, 0.717) is 5.92 Å². The topological polar surface area (TPSA) is 20.2 Å². The Morgan fingerprint density at radius 2 is 1.82 bits per heavy atom. The number of hydrogen-bond donors (Lipinski definition) is 1. The minimum absolute atomic E-state index is 0.0168. The first-order chi connectivity index (χ1) is 5.34. The van der Waals surface area contributed by atoms with Gasteiger partial charge in [0.25, 0.3) is 0 Å². The normalized spacial score (nSPS) is 44.7. The van der Waals surface area contributed by atoms with Crippen molar-refractivity contribution in [1.29, 1.82) is 0 Å². The van der Waals surface area contributed by atoms with Gasteiger partial charge in [-0.3, -0.25) is 0 Å². The highest BCUT2D eigenvalue weighted by Crippen LogP contribution is 2.57. The highest BCUT2D eigenvalue weighted by atomic mass is 16.3. The first kappa shape index (κ1) is 7.60. The summed E-state index contributed by atoms with van der Waals surface area (Å²) < 4.78 is 0. The zero-order valence-corrected chi connectivity index (χ0v) is 7.29. The summed E-state index contributed by atoms with van der Waals surface area (Å²) in [5.41, 5.74) is 0. The Kier molecular flexibility index (Phi) is 1.92. The maximum atomic E-state index is 9.63. The van der Waals surface area contributed by atoms with Crippen LogP contribution in [0.4, 0.5) is 0 Å². The first-order valence-electron chi connectivity index (χ1n) is 5.02. The molecule has 2 fully saturated rings. The molecule has 0 radical (unpaired) electrons. The van der Waals surface area contributed by atoms with Gasteiger partial charge < -0.3 is 5.11 Å². The van der Waals surface area contributed by atoms with Crippen molar-refractivity contribution in [3.63, 3.8) is 0 Å². The Labute approximate surface area is 68.8 Å². The maximum Gasteiger partial charge on any atom is 0.0571 e. The minimum Gasteiger partial charge on any atom is -0.393 e. The molecule has 1 nitrogen and oxygen atoms in total. The molecular weight excluding hydrogens is 136 g/mol. The number of aliphatic hydroxyl groups excluding tert-OH is 1. The standard InChI is InChI=1S/C10H18O/c1-2-9(11)10-7-5-3-4-6-8(7)10/h7-11H,2-6H2,1H3. The molecule has 3 atom stereocenters. The first-order valence-corrected chi connectivity index (χ1v) is 5.02. The van der Waals surface area contributed by atoms with Crippen molar-refractivity contribution in [2.75, 3.05) is 0 Å². The fourth-order valence-electron chi connectivity index (χ4n) is 2.89. The predicted octanol–water partition coefficient (Wildman–Crippen LogP) is 2.19. The van der Waals surface area contributed by atoms with Gasteiger partial charge in [-0.05, 0) is 37.0 Å². The Morgan fingerprint density at radius 1 is 1.27 bits per heavy atom. The SMILES string of the molecule is CCC(O)C1C2CCCCC21. The quantitative estimate of drug-likeness (QED) is 0.646. The number of aliphatic hydroxyl groups is 1. The Morgan fingerprint density at radius 3 is 2.27 bits per heavy atom. The van der Waals surface area contributed by atoms with Gasteiger partial charge in [0.2, 0.25) is 0 Å². The van der Waals surface area contributed by atoms with Crippen LogP contribution in [-0.4, -0.2) is 11.2 Å². The van der Waals surface area contributed by atoms with Crippen LogP contribution in [0.25, 0.3) is 0 Å². The molecule has 2 aliphatic rings. The van der Waals surface area contributed by atoms with Gasteiger partial charge in [0.05, 0.1) is 6.10 Å². The second-order valence-electron chi connectivity index (χ2n) is 4.17. The summed E-state index contributed by atoms with van der Waals surface area (Å²) in [5, 5.41) is 9.63. The Balaban J connectivity index is 1.89. The molecule has 0 heterocycles. The Hall–Kier alpha value is -0.0400. The highest BCUT2D eigenvalue weighted by molar-refractivity contribution is 5.01. The highest BCUT2D eigenvalue weighted by Gasteiger charge is 2.53. The maximum absolute atomic E-state index is 9.63. The van der Waals surface area contributed by atoms with E-state index in [1.807, 2.05) is 0 Å². The summed E-state index contributed by atoms with van der Waals surface area (Å²) in [6.45, 7) is 2.09. The van der Waals surface area contributed by atoms with Crippen molar-refractivity contribution in [2.24, 2.45) is 17.8 Å². The van der Waals surface area contributed by atoms with E-state index >= 15 is 0 Å². The molecule has 1 heteroatoms. The van der Waals surface area contributed by atoms with Crippen LogP contribution in [0.5, 0.6) is 0 Å². The second-order valence-corrected chi connectivity index (χ2v) is 4.17. The van der Waals surface area contributed by atoms with Gasteiger partial charge in [0.1, 0.15) is 0 Å². The molecule has 0 aromatic carbocycles. The molecule has 64 valence electrons. The molecule has 0 spiro atoms. The Bertz CT molecular complexity index is 132. The fraction of sp³-hybridized carbons (Fsp3) is 1.00. The lowest BCUT2D eigenvalue weighted by molar-refractivity contribution is 0.136. The molecule has 0 aromatic rings. The van der Waals surface area contributed by atoms with E-state index in [-0.39, 0.29) is 6.10 Å². The van der Waals surface area contributed by atoms with Crippen LogP contribution < -0.4 is 0 Å². The van der Waals surface area contributed by atoms with E-state index in [0.717, 1.165) is 18.3 Å². The fourth-order valence-corrected chi connectivity index (χ4v) is 2.89. The average Bonchev–Trinajstić information content (AvgIpc) is 2.77. The molecule has 1 N–H and O–H groups in total. The molecular formula is C10H18O. The van der Waals surface area contributed by atoms with Crippen molar-refractivity contribution in [3.8, 4) is 0 Å². The predicted molar refractivity (Wildman–Crippen MR) is 45.2 cm³/mol. The van der Waals surface area contributed by atoms with Crippen LogP contribution in [0.1, 0.15) is 39.0 Å². The third kappa shape index (κ3) is 1.20. The van der Waals surface area contributed by atoms with E-state index < -0.39 is 0 Å². The summed E-state index contributed by atoms with van der Waals surface area (Å²) in [5.74, 6) is 2.53. The van der Waals surface area contributed by atoms with Gasteiger partial charge in [0.15, 0.2) is 0 Å². The number of hydrogen-bond acceptors (Lipinski definition) is 1. The van der Waals surface area contributed by atoms with E-state index in [4.69, 9.17) is 0 Å². The zero-order valence-electron chi connectivity index (χ0n) is 7.29. The van der Waals surface area contributed by atoms with Crippen LogP contribution >= 0.6 is 0 Å². The smallest absolute Gasteiger partial charge is 0.0571 e. The molecule has 0 saturated heterocycles. The summed E-state index contributed by atoms with van der Waals surface area (Å²) in [6.07, 6.45) is 6.58. The van der Waals surface area contributed by atoms with Crippen molar-refractivity contribution in [1.82, 2.24) is 0 Å². The molecule has 2 aliphatic carbocycles. The molecule has 0 bridgehead atoms. The number of rotatable bonds is 2. The molecule has 0 aromatic heterocycles. The molecule has 2 rings (SSSR count). The van der Waals surface area contributed by atoms with Crippen molar-refractivity contribution in [3.05, 3.63) is 0 Å². The van der Waals surface area contributed by atoms with E-state index in [9.17, 15) is 5.11 Å². The van der Waals surface area contributed by atoms with E-state index in [1.165, 1.54) is 25.7 Å². The van der Waals surface area contributed by atoms with Gasteiger partial charge in [0, 0.05) is 0 Å². The largest absolute Gasteiger partial charge is 0.393 e. The third-order valence-corrected chi connectivity index (χ3v) is 3.59. The van der Waals surface area contributed by atoms with E-state index in [2.05, 4.69) is 6.92 Å². The van der Waals surface area contributed by atoms with Gasteiger partial charge in [-0.15, -0.1) is 0 Å². The molecule has 11 heavy (non-hydrogen) atoms. The molecule has 0 aliphatic heterocycles. The van der Waals surface area contributed by atoms with Crippen molar-refractivity contribution < 1.29 is 5.11 Å². The minimum atomic E-state index is 0.0168. The molecule has 2 saturated carbocycles. The molecule has 3 unspecified atom stereocenters. The summed E-state index contributed by atoms with van der Waals surface area (Å²) in [6, 6.07) is 0. The second kappa shape index (κ2) is 2.78. The van der Waals surface area contributed by atoms with Gasteiger partial charge in [-0.1, -0.05) is 19.8 Å². The number of fused-ring (bicyclic) bond motifs is 1. The van der Waals surface area contributed by atoms with Gasteiger partial charge in [-0.25, -0.2) is 0 Å². The zero-order chi connectivity index (χ0) is 7.84. The summed E-state index contributed by atoms with van der Waals surface area (Å²) in [7, 11) is 0. The average molecular weight is 154 g/mol. The summed E-state index contributed by atoms with van der Waals surface area (Å²) >= 11 is 0. The third-order valence-electron chi connectivity index (χ3n) is 3.59. The lowest BCUT2D eigenvalue weighted by atomic mass is 10.0. The lowest BCUT2D eigenvalue weighted by Gasteiger charge is -2.04. The van der Waals surface area contributed by atoms with Gasteiger partial charge >= 0.3 is 0 Å². The lowest BCUT2D eigenvalue weighted by Crippen LogP contribution is -2.09. The van der Waals surface area contributed by atoms with Crippen LogP contribution in [0.3, 0.4) is 0 Å². The van der Waals surface area contributed by atoms with Crippen LogP contribution in [0.2, 0.25) is 0 Å². The van der Waals surface area contributed by atoms with Crippen molar-refractivity contribution in [2.45, 2.75) is 45.1 Å². The van der Waals surface area contributed by atoms with E-state index in [1.54, 1.807) is 0 Å². The van der Waals surface area contributed by atoms with Crippen LogP contribution in [0, 0.1) is 17.8 Å². The van der Waals surface area contributed by atoms with Gasteiger partial charge in [-0.2, -0.15) is 0 Å². The summed E-state index contributed by atoms with van der Waals surface area (Å²) in [4.78, 5) is 0. The van der Waals surface area contributed by atoms with Crippen molar-refractivity contribution >= 4 is 0 Å².